The third-order valence-electron chi connectivity index (χ3n) is 1.75. The van der Waals surface area contributed by atoms with Gasteiger partial charge in [0.05, 0.1) is 30.8 Å². The van der Waals surface area contributed by atoms with E-state index < -0.39 is 23.9 Å². The molecule has 0 radical (unpaired) electrons. The van der Waals surface area contributed by atoms with Crippen LogP contribution in [0.2, 0.25) is 0 Å². The fraction of sp³-hybridized carbons (Fsp3) is 0.636. The highest BCUT2D eigenvalue weighted by Gasteiger charge is 2.30. The Morgan fingerprint density at radius 1 is 1.21 bits per heavy atom. The first-order valence-corrected chi connectivity index (χ1v) is 6.79. The Kier molecular flexibility index (Phi) is 9.26. The summed E-state index contributed by atoms with van der Waals surface area (Å²) in [5.41, 5.74) is 0. The van der Waals surface area contributed by atoms with E-state index in [9.17, 15) is 14.4 Å². The van der Waals surface area contributed by atoms with Crippen LogP contribution in [0.5, 0.6) is 0 Å². The number of nitrogens with one attached hydrogen (secondary N) is 1. The molecule has 0 spiro atoms. The zero-order valence-electron chi connectivity index (χ0n) is 10.8. The van der Waals surface area contributed by atoms with Crippen molar-refractivity contribution < 1.29 is 23.9 Å². The highest BCUT2D eigenvalue weighted by Crippen LogP contribution is 2.00. The zero-order chi connectivity index (χ0) is 14.7. The normalized spacial score (nSPS) is 9.58. The summed E-state index contributed by atoms with van der Waals surface area (Å²) in [7, 11) is 0. The van der Waals surface area contributed by atoms with E-state index in [1.54, 1.807) is 13.8 Å². The van der Waals surface area contributed by atoms with Crippen LogP contribution in [0.1, 0.15) is 13.8 Å². The second-order valence-electron chi connectivity index (χ2n) is 3.16. The van der Waals surface area contributed by atoms with E-state index in [4.69, 9.17) is 5.26 Å². The van der Waals surface area contributed by atoms with Crippen molar-refractivity contribution in [1.29, 1.82) is 5.26 Å². The minimum Gasteiger partial charge on any atom is -0.464 e. The quantitative estimate of drug-likeness (QED) is 0.376. The largest absolute Gasteiger partial charge is 0.464 e. The number of rotatable bonds is 8. The predicted octanol–water partition coefficient (Wildman–Crippen LogP) is -0.146. The van der Waals surface area contributed by atoms with E-state index in [2.05, 4.69) is 14.8 Å². The average Bonchev–Trinajstić information content (AvgIpc) is 2.36. The maximum absolute atomic E-state index is 11.5. The van der Waals surface area contributed by atoms with E-state index in [0.717, 1.165) is 11.8 Å². The Morgan fingerprint density at radius 3 is 2.16 bits per heavy atom. The minimum atomic E-state index is -1.46. The number of hydrogen-bond acceptors (Lipinski definition) is 7. The molecule has 0 saturated carbocycles. The van der Waals surface area contributed by atoms with Crippen molar-refractivity contribution in [3.63, 3.8) is 0 Å². The number of thioether (sulfide) groups is 1. The van der Waals surface area contributed by atoms with Gasteiger partial charge in [-0.25, -0.2) is 9.59 Å². The molecule has 1 amide bonds. The first-order chi connectivity index (χ1) is 9.06. The second kappa shape index (κ2) is 10.2. The summed E-state index contributed by atoms with van der Waals surface area (Å²) in [5, 5.41) is 10.6. The molecule has 0 aromatic heterocycles. The van der Waals surface area contributed by atoms with Gasteiger partial charge in [-0.2, -0.15) is 5.26 Å². The summed E-state index contributed by atoms with van der Waals surface area (Å²) in [6.45, 7) is 3.36. The number of amides is 1. The van der Waals surface area contributed by atoms with Crippen molar-refractivity contribution in [1.82, 2.24) is 5.32 Å². The lowest BCUT2D eigenvalue weighted by Gasteiger charge is -2.15. The number of esters is 2. The molecule has 0 rings (SSSR count). The van der Waals surface area contributed by atoms with E-state index in [-0.39, 0.29) is 24.7 Å². The maximum atomic E-state index is 11.5. The van der Waals surface area contributed by atoms with Gasteiger partial charge in [-0.3, -0.25) is 4.79 Å². The molecular weight excluding hydrogens is 272 g/mol. The molecule has 0 aliphatic heterocycles. The van der Waals surface area contributed by atoms with Crippen LogP contribution in [0.25, 0.3) is 0 Å². The van der Waals surface area contributed by atoms with Gasteiger partial charge in [0.25, 0.3) is 0 Å². The molecule has 0 atom stereocenters. The van der Waals surface area contributed by atoms with Crippen molar-refractivity contribution in [2.75, 3.05) is 24.7 Å². The number of ether oxygens (including phenoxy) is 2. The van der Waals surface area contributed by atoms with E-state index in [1.165, 1.54) is 0 Å². The van der Waals surface area contributed by atoms with Crippen LogP contribution in [-0.2, 0) is 23.9 Å². The van der Waals surface area contributed by atoms with Crippen molar-refractivity contribution in [2.45, 2.75) is 19.9 Å². The fourth-order valence-corrected chi connectivity index (χ4v) is 1.52. The van der Waals surface area contributed by atoms with Crippen LogP contribution >= 0.6 is 11.8 Å². The maximum Gasteiger partial charge on any atom is 0.340 e. The number of carbonyl (C=O) groups excluding carboxylic acids is 3. The van der Waals surface area contributed by atoms with Gasteiger partial charge in [0.2, 0.25) is 11.9 Å². The molecule has 8 heteroatoms. The monoisotopic (exact) mass is 288 g/mol. The van der Waals surface area contributed by atoms with Crippen molar-refractivity contribution in [3.8, 4) is 6.07 Å². The fourth-order valence-electron chi connectivity index (χ4n) is 1.06. The summed E-state index contributed by atoms with van der Waals surface area (Å²) in [4.78, 5) is 34.5. The third-order valence-corrected chi connectivity index (χ3v) is 2.55. The molecule has 0 fully saturated rings. The lowest BCUT2D eigenvalue weighted by Crippen LogP contribution is -2.48. The number of hydrogen-bond donors (Lipinski definition) is 1. The Hall–Kier alpha value is -1.75. The first kappa shape index (κ1) is 17.2. The predicted molar refractivity (Wildman–Crippen MR) is 68.1 cm³/mol. The average molecular weight is 288 g/mol. The van der Waals surface area contributed by atoms with Gasteiger partial charge in [-0.1, -0.05) is 0 Å². The Bertz CT molecular complexity index is 349. The zero-order valence-corrected chi connectivity index (χ0v) is 11.6. The lowest BCUT2D eigenvalue weighted by atomic mass is 10.3. The van der Waals surface area contributed by atoms with E-state index >= 15 is 0 Å². The molecule has 0 aromatic rings. The van der Waals surface area contributed by atoms with Crippen LogP contribution in [0, 0.1) is 11.3 Å². The highest BCUT2D eigenvalue weighted by atomic mass is 32.2. The molecule has 0 aliphatic carbocycles. The lowest BCUT2D eigenvalue weighted by molar-refractivity contribution is -0.159. The summed E-state index contributed by atoms with van der Waals surface area (Å²) in [5.74, 6) is -2.13. The Morgan fingerprint density at radius 2 is 1.74 bits per heavy atom. The van der Waals surface area contributed by atoms with Crippen LogP contribution in [0.3, 0.4) is 0 Å². The molecule has 1 N–H and O–H groups in total. The first-order valence-electron chi connectivity index (χ1n) is 5.64. The molecular formula is C11H16N2O5S. The van der Waals surface area contributed by atoms with Crippen LogP contribution in [0.15, 0.2) is 0 Å². The highest BCUT2D eigenvalue weighted by molar-refractivity contribution is 8.00. The van der Waals surface area contributed by atoms with Gasteiger partial charge >= 0.3 is 11.9 Å². The van der Waals surface area contributed by atoms with Crippen LogP contribution < -0.4 is 5.32 Å². The molecule has 0 saturated heterocycles. The Balaban J connectivity index is 4.49. The SMILES string of the molecule is CCOC(=O)C(NC(=O)CSCC#N)C(=O)OCC. The second-order valence-corrected chi connectivity index (χ2v) is 4.14. The van der Waals surface area contributed by atoms with Gasteiger partial charge in [-0.15, -0.1) is 11.8 Å². The van der Waals surface area contributed by atoms with Crippen molar-refractivity contribution >= 4 is 29.6 Å². The molecule has 0 aliphatic rings. The third kappa shape index (κ3) is 7.31. The molecule has 0 heterocycles. The standard InChI is InChI=1S/C11H16N2O5S/c1-3-17-10(15)9(11(16)18-4-2)13-8(14)7-19-6-5-12/h9H,3-4,6-7H2,1-2H3,(H,13,14). The summed E-state index contributed by atoms with van der Waals surface area (Å²) in [6.07, 6.45) is 0. The van der Waals surface area contributed by atoms with Crippen LogP contribution in [-0.4, -0.2) is 48.6 Å². The van der Waals surface area contributed by atoms with Crippen molar-refractivity contribution in [3.05, 3.63) is 0 Å². The summed E-state index contributed by atoms with van der Waals surface area (Å²) >= 11 is 1.08. The van der Waals surface area contributed by atoms with Gasteiger partial charge in [0.1, 0.15) is 0 Å². The topological polar surface area (TPSA) is 105 Å². The molecule has 106 valence electrons. The smallest absolute Gasteiger partial charge is 0.340 e. The minimum absolute atomic E-state index is 0.0249. The van der Waals surface area contributed by atoms with E-state index in [1.807, 2.05) is 6.07 Å². The summed E-state index contributed by atoms with van der Waals surface area (Å²) in [6, 6.07) is 0.399. The molecule has 7 nitrogen and oxygen atoms in total. The molecule has 0 unspecified atom stereocenters. The summed E-state index contributed by atoms with van der Waals surface area (Å²) < 4.78 is 9.37. The van der Waals surface area contributed by atoms with Gasteiger partial charge in [0.15, 0.2) is 0 Å². The number of nitrogens with zero attached hydrogens (tertiary/aromatic N) is 1. The number of carbonyl (C=O) groups is 3. The van der Waals surface area contributed by atoms with Gasteiger partial charge in [-0.05, 0) is 13.8 Å². The van der Waals surface area contributed by atoms with Gasteiger partial charge in [0, 0.05) is 0 Å². The Labute approximate surface area is 115 Å². The van der Waals surface area contributed by atoms with Crippen LogP contribution in [0.4, 0.5) is 0 Å². The molecule has 0 aromatic carbocycles. The number of nitriles is 1. The van der Waals surface area contributed by atoms with E-state index in [0.29, 0.717) is 0 Å². The molecule has 0 bridgehead atoms. The van der Waals surface area contributed by atoms with Crippen molar-refractivity contribution in [2.24, 2.45) is 0 Å². The van der Waals surface area contributed by atoms with Gasteiger partial charge < -0.3 is 14.8 Å². The molecule has 19 heavy (non-hydrogen) atoms.